The first-order chi connectivity index (χ1) is 10.4. The lowest BCUT2D eigenvalue weighted by Crippen LogP contribution is -2.34. The van der Waals surface area contributed by atoms with Crippen LogP contribution in [0.1, 0.15) is 72.2 Å². The molecule has 1 aliphatic rings. The second kappa shape index (κ2) is 10.6. The Balaban J connectivity index is 0.00000264. The molecule has 7 heteroatoms. The van der Waals surface area contributed by atoms with Crippen molar-refractivity contribution in [1.82, 2.24) is 9.88 Å². The third-order valence-electron chi connectivity index (χ3n) is 4.71. The summed E-state index contributed by atoms with van der Waals surface area (Å²) in [5, 5.41) is 1.16. The van der Waals surface area contributed by atoms with Crippen molar-refractivity contribution in [3.05, 3.63) is 15.6 Å². The predicted molar refractivity (Wildman–Crippen MR) is 107 cm³/mol. The highest BCUT2D eigenvalue weighted by molar-refractivity contribution is 7.13. The average Bonchev–Trinajstić information content (AvgIpc) is 3.12. The number of hydrogen-bond donors (Lipinski definition) is 1. The summed E-state index contributed by atoms with van der Waals surface area (Å²) in [4.78, 5) is 19.9. The fraction of sp³-hybridized carbons (Fsp3) is 0.765. The summed E-state index contributed by atoms with van der Waals surface area (Å²) in [6.45, 7) is 6.89. The van der Waals surface area contributed by atoms with E-state index in [1.54, 1.807) is 16.2 Å². The summed E-state index contributed by atoms with van der Waals surface area (Å²) in [7, 11) is 1.86. The maximum absolute atomic E-state index is 12.6. The number of nitrogens with zero attached hydrogens (tertiary/aromatic N) is 2. The second-order valence-corrected chi connectivity index (χ2v) is 7.90. The van der Waals surface area contributed by atoms with Crippen LogP contribution < -0.4 is 5.73 Å². The van der Waals surface area contributed by atoms with Gasteiger partial charge in [-0.25, -0.2) is 4.98 Å². The van der Waals surface area contributed by atoms with E-state index in [1.165, 1.54) is 25.7 Å². The molecule has 0 saturated heterocycles. The van der Waals surface area contributed by atoms with E-state index in [4.69, 9.17) is 5.73 Å². The fourth-order valence-electron chi connectivity index (χ4n) is 2.91. The van der Waals surface area contributed by atoms with Crippen LogP contribution in [0.2, 0.25) is 0 Å². The lowest BCUT2D eigenvalue weighted by molar-refractivity contribution is 0.0793. The molecule has 1 aromatic heterocycles. The van der Waals surface area contributed by atoms with Gasteiger partial charge in [-0.15, -0.1) is 36.2 Å². The number of thiazole rings is 1. The molecule has 1 aromatic rings. The number of aryl methyl sites for hydroxylation is 1. The monoisotopic (exact) mass is 395 g/mol. The van der Waals surface area contributed by atoms with Crippen LogP contribution in [0.15, 0.2) is 0 Å². The van der Waals surface area contributed by atoms with Gasteiger partial charge in [0.2, 0.25) is 0 Å². The van der Waals surface area contributed by atoms with Crippen LogP contribution in [-0.2, 0) is 0 Å². The van der Waals surface area contributed by atoms with Gasteiger partial charge in [0.05, 0.1) is 10.7 Å². The largest absolute Gasteiger partial charge is 0.341 e. The normalized spacial score (nSPS) is 15.8. The van der Waals surface area contributed by atoms with E-state index in [2.05, 4.69) is 18.8 Å². The maximum Gasteiger partial charge on any atom is 0.265 e. The van der Waals surface area contributed by atoms with Crippen LogP contribution in [-0.4, -0.2) is 35.4 Å². The SMILES string of the molecule is Cc1nc(C2CCCC2)sc1C(=O)N(C)CCC(N)C(C)C.Cl.Cl. The summed E-state index contributed by atoms with van der Waals surface area (Å²) >= 11 is 1.60. The van der Waals surface area contributed by atoms with Gasteiger partial charge in [0.15, 0.2) is 0 Å². The first-order valence-electron chi connectivity index (χ1n) is 8.38. The van der Waals surface area contributed by atoms with Crippen LogP contribution in [0.4, 0.5) is 0 Å². The van der Waals surface area contributed by atoms with Gasteiger partial charge in [-0.1, -0.05) is 26.7 Å². The van der Waals surface area contributed by atoms with E-state index in [9.17, 15) is 4.79 Å². The standard InChI is InChI=1S/C17H29N3OS.2ClH/c1-11(2)14(18)9-10-20(4)17(21)15-12(3)19-16(22-15)13-7-5-6-8-13;;/h11,13-14H,5-10,18H2,1-4H3;2*1H. The Labute approximate surface area is 162 Å². The number of amides is 1. The van der Waals surface area contributed by atoms with Crippen molar-refractivity contribution < 1.29 is 4.79 Å². The molecule has 2 rings (SSSR count). The van der Waals surface area contributed by atoms with Crippen LogP contribution in [0.5, 0.6) is 0 Å². The zero-order valence-corrected chi connectivity index (χ0v) is 17.5. The number of nitrogens with two attached hydrogens (primary N) is 1. The molecule has 1 atom stereocenters. The maximum atomic E-state index is 12.6. The molecule has 24 heavy (non-hydrogen) atoms. The van der Waals surface area contributed by atoms with Crippen LogP contribution in [0, 0.1) is 12.8 Å². The van der Waals surface area contributed by atoms with Crippen molar-refractivity contribution in [2.24, 2.45) is 11.7 Å². The number of rotatable bonds is 6. The van der Waals surface area contributed by atoms with Gasteiger partial charge in [0.1, 0.15) is 4.88 Å². The summed E-state index contributed by atoms with van der Waals surface area (Å²) in [6, 6.07) is 0.145. The molecule has 4 nitrogen and oxygen atoms in total. The molecule has 0 aromatic carbocycles. The quantitative estimate of drug-likeness (QED) is 0.775. The molecule has 1 aliphatic carbocycles. The van der Waals surface area contributed by atoms with Gasteiger partial charge < -0.3 is 10.6 Å². The van der Waals surface area contributed by atoms with Gasteiger partial charge in [0.25, 0.3) is 5.91 Å². The lowest BCUT2D eigenvalue weighted by Gasteiger charge is -2.21. The number of carbonyl (C=O) groups is 1. The Kier molecular flexibility index (Phi) is 10.4. The van der Waals surface area contributed by atoms with Crippen LogP contribution in [0.25, 0.3) is 0 Å². The molecule has 0 radical (unpaired) electrons. The summed E-state index contributed by atoms with van der Waals surface area (Å²) in [5.74, 6) is 1.11. The molecule has 2 N–H and O–H groups in total. The Bertz CT molecular complexity index is 516. The van der Waals surface area contributed by atoms with Gasteiger partial charge >= 0.3 is 0 Å². The first-order valence-corrected chi connectivity index (χ1v) is 9.20. The van der Waals surface area contributed by atoms with E-state index < -0.39 is 0 Å². The molecule has 1 unspecified atom stereocenters. The molecule has 1 amide bonds. The van der Waals surface area contributed by atoms with Crippen molar-refractivity contribution in [2.45, 2.75) is 64.8 Å². The van der Waals surface area contributed by atoms with E-state index in [0.717, 1.165) is 22.0 Å². The van der Waals surface area contributed by atoms with E-state index in [0.29, 0.717) is 18.4 Å². The van der Waals surface area contributed by atoms with E-state index >= 15 is 0 Å². The zero-order valence-electron chi connectivity index (χ0n) is 15.1. The highest BCUT2D eigenvalue weighted by Crippen LogP contribution is 2.37. The number of halogens is 2. The molecule has 1 fully saturated rings. The Hall–Kier alpha value is -0.360. The number of hydrogen-bond acceptors (Lipinski definition) is 4. The highest BCUT2D eigenvalue weighted by Gasteiger charge is 2.25. The summed E-state index contributed by atoms with van der Waals surface area (Å²) in [5.41, 5.74) is 6.96. The van der Waals surface area contributed by atoms with Gasteiger partial charge in [0, 0.05) is 25.6 Å². The summed E-state index contributed by atoms with van der Waals surface area (Å²) in [6.07, 6.45) is 5.87. The van der Waals surface area contributed by atoms with Crippen LogP contribution in [0.3, 0.4) is 0 Å². The molecule has 0 bridgehead atoms. The minimum atomic E-state index is 0. The molecular weight excluding hydrogens is 365 g/mol. The Morgan fingerprint density at radius 1 is 1.33 bits per heavy atom. The molecular formula is C17H31Cl2N3OS. The van der Waals surface area contributed by atoms with Crippen molar-refractivity contribution in [2.75, 3.05) is 13.6 Å². The minimum absolute atomic E-state index is 0. The minimum Gasteiger partial charge on any atom is -0.341 e. The van der Waals surface area contributed by atoms with Gasteiger partial charge in [-0.05, 0) is 32.1 Å². The zero-order chi connectivity index (χ0) is 16.3. The number of aromatic nitrogens is 1. The van der Waals surface area contributed by atoms with E-state index in [-0.39, 0.29) is 36.8 Å². The number of carbonyl (C=O) groups excluding carboxylic acids is 1. The van der Waals surface area contributed by atoms with Crippen LogP contribution >= 0.6 is 36.2 Å². The van der Waals surface area contributed by atoms with Crippen molar-refractivity contribution >= 4 is 42.1 Å². The van der Waals surface area contributed by atoms with Gasteiger partial charge in [-0.3, -0.25) is 4.79 Å². The molecule has 140 valence electrons. The molecule has 0 spiro atoms. The van der Waals surface area contributed by atoms with Crippen molar-refractivity contribution in [3.63, 3.8) is 0 Å². The molecule has 0 aliphatic heterocycles. The Morgan fingerprint density at radius 2 is 1.92 bits per heavy atom. The molecule has 1 heterocycles. The molecule has 1 saturated carbocycles. The average molecular weight is 396 g/mol. The summed E-state index contributed by atoms with van der Waals surface area (Å²) < 4.78 is 0. The fourth-order valence-corrected chi connectivity index (χ4v) is 4.14. The lowest BCUT2D eigenvalue weighted by atomic mass is 10.0. The second-order valence-electron chi connectivity index (χ2n) is 6.87. The van der Waals surface area contributed by atoms with Crippen molar-refractivity contribution in [1.29, 1.82) is 0 Å². The van der Waals surface area contributed by atoms with Crippen molar-refractivity contribution in [3.8, 4) is 0 Å². The van der Waals surface area contributed by atoms with E-state index in [1.807, 2.05) is 14.0 Å². The first kappa shape index (κ1) is 23.6. The highest BCUT2D eigenvalue weighted by atomic mass is 35.5. The predicted octanol–water partition coefficient (Wildman–Crippen LogP) is 4.40. The third-order valence-corrected chi connectivity index (χ3v) is 6.02. The van der Waals surface area contributed by atoms with Gasteiger partial charge in [-0.2, -0.15) is 0 Å². The Morgan fingerprint density at radius 3 is 2.46 bits per heavy atom. The topological polar surface area (TPSA) is 59.2 Å². The third kappa shape index (κ3) is 5.87. The smallest absolute Gasteiger partial charge is 0.265 e.